The van der Waals surface area contributed by atoms with Crippen LogP contribution in [-0.4, -0.2) is 4.57 Å². The lowest BCUT2D eigenvalue weighted by Gasteiger charge is -2.00. The van der Waals surface area contributed by atoms with Gasteiger partial charge in [-0.2, -0.15) is 0 Å². The van der Waals surface area contributed by atoms with E-state index in [1.165, 1.54) is 5.52 Å². The van der Waals surface area contributed by atoms with Crippen molar-refractivity contribution in [3.8, 4) is 5.75 Å². The molecule has 0 saturated heterocycles. The molecule has 68 valence electrons. The topological polar surface area (TPSA) is 14.2 Å². The summed E-state index contributed by atoms with van der Waals surface area (Å²) >= 11 is 5.26. The highest BCUT2D eigenvalue weighted by molar-refractivity contribution is 6.09. The van der Waals surface area contributed by atoms with Crippen LogP contribution in [0.15, 0.2) is 30.5 Å². The van der Waals surface area contributed by atoms with Crippen LogP contribution in [0.25, 0.3) is 10.9 Å². The molecule has 13 heavy (non-hydrogen) atoms. The van der Waals surface area contributed by atoms with Gasteiger partial charge in [0.25, 0.3) is 0 Å². The summed E-state index contributed by atoms with van der Waals surface area (Å²) in [6, 6.07) is 7.85. The van der Waals surface area contributed by atoms with E-state index in [1.54, 1.807) is 0 Å². The van der Waals surface area contributed by atoms with Gasteiger partial charge in [0.2, 0.25) is 0 Å². The second kappa shape index (κ2) is 3.30. The van der Waals surface area contributed by atoms with Crippen molar-refractivity contribution in [2.24, 2.45) is 0 Å². The van der Waals surface area contributed by atoms with Gasteiger partial charge in [-0.25, -0.2) is 0 Å². The molecule has 3 heteroatoms. The SMILES string of the molecule is CCn1ccc2cc(OCl)ccc21. The summed E-state index contributed by atoms with van der Waals surface area (Å²) in [5.41, 5.74) is 1.21. The summed E-state index contributed by atoms with van der Waals surface area (Å²) < 4.78 is 6.80. The van der Waals surface area contributed by atoms with E-state index in [0.717, 1.165) is 11.9 Å². The molecule has 0 unspecified atom stereocenters. The summed E-state index contributed by atoms with van der Waals surface area (Å²) in [7, 11) is 0. The minimum absolute atomic E-state index is 0.683. The average molecular weight is 196 g/mol. The zero-order chi connectivity index (χ0) is 9.26. The number of aryl methyl sites for hydroxylation is 1. The lowest BCUT2D eigenvalue weighted by atomic mass is 10.2. The maximum Gasteiger partial charge on any atom is 0.147 e. The van der Waals surface area contributed by atoms with Crippen LogP contribution in [0.3, 0.4) is 0 Å². The van der Waals surface area contributed by atoms with Crippen LogP contribution >= 0.6 is 11.9 Å². The van der Waals surface area contributed by atoms with Gasteiger partial charge in [-0.15, -0.1) is 0 Å². The average Bonchev–Trinajstić information content (AvgIpc) is 2.59. The molecule has 1 aromatic heterocycles. The van der Waals surface area contributed by atoms with E-state index in [2.05, 4.69) is 28.0 Å². The number of benzene rings is 1. The first kappa shape index (κ1) is 8.45. The van der Waals surface area contributed by atoms with Crippen LogP contribution in [0.2, 0.25) is 0 Å². The summed E-state index contributed by atoms with van der Waals surface area (Å²) in [6.07, 6.45) is 2.06. The Kier molecular flexibility index (Phi) is 2.15. The second-order valence-electron chi connectivity index (χ2n) is 2.90. The molecule has 2 rings (SSSR count). The predicted molar refractivity (Wildman–Crippen MR) is 54.1 cm³/mol. The van der Waals surface area contributed by atoms with Crippen molar-refractivity contribution in [2.45, 2.75) is 13.5 Å². The molecule has 0 atom stereocenters. The zero-order valence-corrected chi connectivity index (χ0v) is 8.08. The Morgan fingerprint density at radius 2 is 2.23 bits per heavy atom. The first-order valence-electron chi connectivity index (χ1n) is 4.22. The first-order chi connectivity index (χ1) is 6.35. The van der Waals surface area contributed by atoms with Crippen LogP contribution in [-0.2, 0) is 6.54 Å². The number of rotatable bonds is 2. The zero-order valence-electron chi connectivity index (χ0n) is 7.33. The molecule has 0 radical (unpaired) electrons. The summed E-state index contributed by atoms with van der Waals surface area (Å²) in [6.45, 7) is 3.09. The molecule has 0 saturated carbocycles. The van der Waals surface area contributed by atoms with Gasteiger partial charge in [0.1, 0.15) is 17.6 Å². The molecule has 0 N–H and O–H groups in total. The van der Waals surface area contributed by atoms with Crippen molar-refractivity contribution in [3.05, 3.63) is 30.5 Å². The molecular weight excluding hydrogens is 186 g/mol. The van der Waals surface area contributed by atoms with Gasteiger partial charge in [0.15, 0.2) is 0 Å². The van der Waals surface area contributed by atoms with Gasteiger partial charge in [0, 0.05) is 23.6 Å². The van der Waals surface area contributed by atoms with Crippen molar-refractivity contribution in [3.63, 3.8) is 0 Å². The predicted octanol–water partition coefficient (Wildman–Crippen LogP) is 3.19. The molecule has 0 aliphatic carbocycles. The van der Waals surface area contributed by atoms with Gasteiger partial charge in [-0.1, -0.05) is 0 Å². The van der Waals surface area contributed by atoms with Gasteiger partial charge in [-0.3, -0.25) is 0 Å². The van der Waals surface area contributed by atoms with E-state index in [-0.39, 0.29) is 0 Å². The Hall–Kier alpha value is -1.15. The van der Waals surface area contributed by atoms with Gasteiger partial charge >= 0.3 is 0 Å². The quantitative estimate of drug-likeness (QED) is 0.718. The van der Waals surface area contributed by atoms with Gasteiger partial charge < -0.3 is 8.86 Å². The molecule has 0 amide bonds. The number of hydrogen-bond donors (Lipinski definition) is 0. The van der Waals surface area contributed by atoms with E-state index >= 15 is 0 Å². The minimum Gasteiger partial charge on any atom is -0.386 e. The molecule has 1 heterocycles. The Bertz CT molecular complexity index is 422. The second-order valence-corrected chi connectivity index (χ2v) is 3.05. The molecular formula is C10H10ClNO. The van der Waals surface area contributed by atoms with Crippen molar-refractivity contribution in [1.29, 1.82) is 0 Å². The van der Waals surface area contributed by atoms with Crippen LogP contribution in [0.1, 0.15) is 6.92 Å². The van der Waals surface area contributed by atoms with E-state index in [1.807, 2.05) is 18.2 Å². The maximum atomic E-state index is 5.26. The van der Waals surface area contributed by atoms with Crippen LogP contribution < -0.4 is 4.29 Å². The molecule has 2 nitrogen and oxygen atoms in total. The third-order valence-electron chi connectivity index (χ3n) is 2.17. The maximum absolute atomic E-state index is 5.26. The highest BCUT2D eigenvalue weighted by Gasteiger charge is 2.00. The smallest absolute Gasteiger partial charge is 0.147 e. The van der Waals surface area contributed by atoms with Crippen molar-refractivity contribution < 1.29 is 4.29 Å². The number of halogens is 1. The highest BCUT2D eigenvalue weighted by Crippen LogP contribution is 2.22. The minimum atomic E-state index is 0.683. The standard InChI is InChI=1S/C10H10ClNO/c1-2-12-6-5-8-7-9(13-11)3-4-10(8)12/h3-7H,2H2,1H3. The molecule has 2 aromatic rings. The Morgan fingerprint density at radius 1 is 1.38 bits per heavy atom. The summed E-state index contributed by atoms with van der Waals surface area (Å²) in [5.74, 6) is 0.683. The Morgan fingerprint density at radius 3 is 2.92 bits per heavy atom. The first-order valence-corrected chi connectivity index (χ1v) is 4.53. The van der Waals surface area contributed by atoms with E-state index in [4.69, 9.17) is 11.9 Å². The van der Waals surface area contributed by atoms with E-state index in [9.17, 15) is 0 Å². The molecule has 0 fully saturated rings. The molecule has 0 bridgehead atoms. The van der Waals surface area contributed by atoms with Crippen LogP contribution in [0.4, 0.5) is 0 Å². The fraction of sp³-hybridized carbons (Fsp3) is 0.200. The number of fused-ring (bicyclic) bond motifs is 1. The van der Waals surface area contributed by atoms with Crippen LogP contribution in [0, 0.1) is 0 Å². The third kappa shape index (κ3) is 1.38. The number of hydrogen-bond acceptors (Lipinski definition) is 1. The van der Waals surface area contributed by atoms with Crippen molar-refractivity contribution in [1.82, 2.24) is 4.57 Å². The van der Waals surface area contributed by atoms with Gasteiger partial charge in [-0.05, 0) is 31.2 Å². The fourth-order valence-electron chi connectivity index (χ4n) is 1.50. The Labute approximate surface area is 81.9 Å². The van der Waals surface area contributed by atoms with Gasteiger partial charge in [0.05, 0.1) is 0 Å². The lowest BCUT2D eigenvalue weighted by molar-refractivity contribution is 0.620. The Balaban J connectivity index is 2.61. The molecule has 0 aliphatic rings. The van der Waals surface area contributed by atoms with Crippen LogP contribution in [0.5, 0.6) is 5.75 Å². The van der Waals surface area contributed by atoms with Crippen molar-refractivity contribution >= 4 is 22.8 Å². The van der Waals surface area contributed by atoms with Crippen molar-refractivity contribution in [2.75, 3.05) is 0 Å². The fourth-order valence-corrected chi connectivity index (χ4v) is 1.60. The number of nitrogens with zero attached hydrogens (tertiary/aromatic N) is 1. The number of aromatic nitrogens is 1. The van der Waals surface area contributed by atoms with E-state index in [0.29, 0.717) is 5.75 Å². The summed E-state index contributed by atoms with van der Waals surface area (Å²) in [5, 5.41) is 1.15. The molecule has 1 aromatic carbocycles. The van der Waals surface area contributed by atoms with E-state index < -0.39 is 0 Å². The lowest BCUT2D eigenvalue weighted by Crippen LogP contribution is -1.89. The third-order valence-corrected chi connectivity index (χ3v) is 2.35. The monoisotopic (exact) mass is 195 g/mol. The largest absolute Gasteiger partial charge is 0.386 e. The highest BCUT2D eigenvalue weighted by atomic mass is 35.5. The molecule has 0 aliphatic heterocycles. The summed E-state index contributed by atoms with van der Waals surface area (Å²) in [4.78, 5) is 0. The normalized spacial score (nSPS) is 10.6. The molecule has 0 spiro atoms.